The van der Waals surface area contributed by atoms with Crippen molar-refractivity contribution in [2.45, 2.75) is 56.8 Å². The summed E-state index contributed by atoms with van der Waals surface area (Å²) in [6, 6.07) is 14.8. The highest BCUT2D eigenvalue weighted by Gasteiger charge is 2.40. The van der Waals surface area contributed by atoms with Gasteiger partial charge in [-0.1, -0.05) is 41.9 Å². The Hall–Kier alpha value is -2.71. The molecular weight excluding hydrogens is 498 g/mol. The van der Waals surface area contributed by atoms with Crippen LogP contribution in [0.15, 0.2) is 55.0 Å². The second-order valence-corrected chi connectivity index (χ2v) is 11.7. The summed E-state index contributed by atoms with van der Waals surface area (Å²) in [6.07, 6.45) is 7.10. The predicted molar refractivity (Wildman–Crippen MR) is 148 cm³/mol. The summed E-state index contributed by atoms with van der Waals surface area (Å²) >= 11 is 6.40. The number of likely N-dealkylation sites (tertiary alicyclic amines) is 1. The SMILES string of the molecule is Cc1cn(CC2(O)CCCN(C(=O)[C@H]3CN(C4c5ccccc5CCc5cc(Cl)ccc54)CCN3)C2)cn1. The number of hydrogen-bond acceptors (Lipinski definition) is 5. The van der Waals surface area contributed by atoms with E-state index in [2.05, 4.69) is 51.6 Å². The molecule has 3 aromatic rings. The Labute approximate surface area is 229 Å². The number of carbonyl (C=O) groups excluding carboxylic acids is 1. The lowest BCUT2D eigenvalue weighted by Crippen LogP contribution is -2.61. The monoisotopic (exact) mass is 533 g/mol. The molecule has 3 atom stereocenters. The van der Waals surface area contributed by atoms with Gasteiger partial charge in [-0.15, -0.1) is 0 Å². The number of halogens is 1. The number of piperazine rings is 1. The summed E-state index contributed by atoms with van der Waals surface area (Å²) < 4.78 is 1.93. The van der Waals surface area contributed by atoms with Gasteiger partial charge in [0, 0.05) is 37.4 Å². The number of piperidine rings is 1. The Bertz CT molecular complexity index is 1330. The Morgan fingerprint density at radius 1 is 1.16 bits per heavy atom. The van der Waals surface area contributed by atoms with E-state index >= 15 is 0 Å². The van der Waals surface area contributed by atoms with E-state index in [0.29, 0.717) is 32.6 Å². The van der Waals surface area contributed by atoms with Gasteiger partial charge >= 0.3 is 0 Å². The average Bonchev–Trinajstić information content (AvgIpc) is 3.24. The molecule has 0 bridgehead atoms. The van der Waals surface area contributed by atoms with Gasteiger partial charge in [0.15, 0.2) is 0 Å². The molecule has 2 unspecified atom stereocenters. The average molecular weight is 534 g/mol. The number of nitrogens with one attached hydrogen (secondary N) is 1. The second kappa shape index (κ2) is 10.5. The van der Waals surface area contributed by atoms with E-state index in [1.165, 1.54) is 22.3 Å². The molecule has 3 heterocycles. The largest absolute Gasteiger partial charge is 0.386 e. The van der Waals surface area contributed by atoms with E-state index in [1.807, 2.05) is 28.7 Å². The van der Waals surface area contributed by atoms with Crippen LogP contribution < -0.4 is 5.32 Å². The topological polar surface area (TPSA) is 73.6 Å². The Kier molecular flexibility index (Phi) is 7.03. The maximum absolute atomic E-state index is 13.8. The lowest BCUT2D eigenvalue weighted by atomic mass is 9.91. The molecule has 0 saturated carbocycles. The minimum Gasteiger partial charge on any atom is -0.386 e. The summed E-state index contributed by atoms with van der Waals surface area (Å²) in [5, 5.41) is 15.7. The van der Waals surface area contributed by atoms with Crippen molar-refractivity contribution in [3.05, 3.63) is 88.0 Å². The van der Waals surface area contributed by atoms with Crippen LogP contribution in [0.3, 0.4) is 0 Å². The number of imidazole rings is 1. The molecule has 7 nitrogen and oxygen atoms in total. The number of β-amino-alcohol motifs (C(OH)–C–C–N with tert-alkyl or cyclic N) is 1. The van der Waals surface area contributed by atoms with Crippen LogP contribution in [0.1, 0.15) is 46.8 Å². The third-order valence-corrected chi connectivity index (χ3v) is 8.62. The molecule has 0 radical (unpaired) electrons. The summed E-state index contributed by atoms with van der Waals surface area (Å²) in [6.45, 7) is 5.62. The van der Waals surface area contributed by atoms with Crippen molar-refractivity contribution >= 4 is 17.5 Å². The Balaban J connectivity index is 1.23. The zero-order valence-corrected chi connectivity index (χ0v) is 22.7. The minimum atomic E-state index is -0.951. The summed E-state index contributed by atoms with van der Waals surface area (Å²) in [4.78, 5) is 22.4. The summed E-state index contributed by atoms with van der Waals surface area (Å²) in [5.74, 6) is 0.0767. The van der Waals surface area contributed by atoms with Gasteiger partial charge in [0.25, 0.3) is 0 Å². The van der Waals surface area contributed by atoms with E-state index in [0.717, 1.165) is 43.1 Å². The van der Waals surface area contributed by atoms with Crippen LogP contribution in [0.25, 0.3) is 0 Å². The number of aromatic nitrogens is 2. The van der Waals surface area contributed by atoms with Crippen LogP contribution >= 0.6 is 11.6 Å². The fourth-order valence-electron chi connectivity index (χ4n) is 6.64. The molecule has 2 fully saturated rings. The lowest BCUT2D eigenvalue weighted by molar-refractivity contribution is -0.142. The molecule has 3 aliphatic rings. The molecule has 38 heavy (non-hydrogen) atoms. The van der Waals surface area contributed by atoms with Crippen LogP contribution in [0.4, 0.5) is 0 Å². The van der Waals surface area contributed by atoms with Gasteiger partial charge in [0.1, 0.15) is 5.60 Å². The van der Waals surface area contributed by atoms with Crippen LogP contribution in [0.2, 0.25) is 5.02 Å². The maximum atomic E-state index is 13.8. The molecule has 8 heteroatoms. The highest BCUT2D eigenvalue weighted by Crippen LogP contribution is 2.38. The normalized spacial score (nSPS) is 25.9. The van der Waals surface area contributed by atoms with Crippen molar-refractivity contribution in [1.29, 1.82) is 0 Å². The number of rotatable bonds is 4. The first-order chi connectivity index (χ1) is 18.4. The molecule has 2 N–H and O–H groups in total. The molecule has 1 aromatic heterocycles. The number of aliphatic hydroxyl groups is 1. The molecule has 6 rings (SSSR count). The molecule has 1 amide bonds. The van der Waals surface area contributed by atoms with E-state index in [9.17, 15) is 9.90 Å². The lowest BCUT2D eigenvalue weighted by Gasteiger charge is -2.43. The van der Waals surface area contributed by atoms with Crippen molar-refractivity contribution in [3.63, 3.8) is 0 Å². The minimum absolute atomic E-state index is 0.0767. The zero-order chi connectivity index (χ0) is 26.3. The standard InChI is InChI=1S/C30H36ClN5O2/c1-21-16-34(20-33-21)18-30(38)11-4-13-36(19-30)29(37)27-17-35(14-12-32-27)28-25-6-3-2-5-22(25)7-8-23-15-24(31)9-10-26(23)28/h2-3,5-6,9-10,15-16,20,27-28,32,38H,4,7-8,11-14,17-19H2,1H3/t27-,28?,30?/m1/s1. The number of hydrogen-bond donors (Lipinski definition) is 2. The molecule has 2 saturated heterocycles. The summed E-state index contributed by atoms with van der Waals surface area (Å²) in [7, 11) is 0. The zero-order valence-electron chi connectivity index (χ0n) is 21.9. The quantitative estimate of drug-likeness (QED) is 0.538. The summed E-state index contributed by atoms with van der Waals surface area (Å²) in [5.41, 5.74) is 5.24. The number of aryl methyl sites for hydroxylation is 3. The smallest absolute Gasteiger partial charge is 0.241 e. The van der Waals surface area contributed by atoms with Crippen molar-refractivity contribution in [1.82, 2.24) is 24.7 Å². The van der Waals surface area contributed by atoms with Gasteiger partial charge in [0.2, 0.25) is 5.91 Å². The molecule has 2 aliphatic heterocycles. The van der Waals surface area contributed by atoms with E-state index in [1.54, 1.807) is 6.33 Å². The van der Waals surface area contributed by atoms with E-state index in [4.69, 9.17) is 11.6 Å². The van der Waals surface area contributed by atoms with Crippen LogP contribution in [-0.4, -0.2) is 74.7 Å². The predicted octanol–water partition coefficient (Wildman–Crippen LogP) is 3.36. The van der Waals surface area contributed by atoms with Crippen LogP contribution in [0, 0.1) is 6.92 Å². The van der Waals surface area contributed by atoms with Crippen molar-refractivity contribution in [2.75, 3.05) is 32.7 Å². The van der Waals surface area contributed by atoms with E-state index < -0.39 is 5.60 Å². The van der Waals surface area contributed by atoms with Crippen LogP contribution in [0.5, 0.6) is 0 Å². The third-order valence-electron chi connectivity index (χ3n) is 8.39. The van der Waals surface area contributed by atoms with Crippen molar-refractivity contribution < 1.29 is 9.90 Å². The number of amides is 1. The first-order valence-corrected chi connectivity index (χ1v) is 14.1. The molecule has 0 spiro atoms. The second-order valence-electron chi connectivity index (χ2n) is 11.2. The van der Waals surface area contributed by atoms with Gasteiger partial charge in [-0.25, -0.2) is 4.98 Å². The van der Waals surface area contributed by atoms with Gasteiger partial charge in [-0.2, -0.15) is 0 Å². The molecule has 200 valence electrons. The number of carbonyl (C=O) groups is 1. The molecule has 2 aromatic carbocycles. The Morgan fingerprint density at radius 2 is 1.97 bits per heavy atom. The molecule has 1 aliphatic carbocycles. The maximum Gasteiger partial charge on any atom is 0.241 e. The fourth-order valence-corrected chi connectivity index (χ4v) is 6.83. The number of fused-ring (bicyclic) bond motifs is 2. The van der Waals surface area contributed by atoms with Crippen LogP contribution in [-0.2, 0) is 24.2 Å². The molecular formula is C30H36ClN5O2. The van der Waals surface area contributed by atoms with Gasteiger partial charge < -0.3 is 19.9 Å². The van der Waals surface area contributed by atoms with Gasteiger partial charge in [-0.05, 0) is 67.0 Å². The van der Waals surface area contributed by atoms with E-state index in [-0.39, 0.29) is 18.0 Å². The fraction of sp³-hybridized carbons (Fsp3) is 0.467. The van der Waals surface area contributed by atoms with Crippen molar-refractivity contribution in [3.8, 4) is 0 Å². The number of nitrogens with zero attached hydrogens (tertiary/aromatic N) is 4. The highest BCUT2D eigenvalue weighted by molar-refractivity contribution is 6.30. The van der Waals surface area contributed by atoms with Gasteiger partial charge in [0.05, 0.1) is 37.2 Å². The number of benzene rings is 2. The van der Waals surface area contributed by atoms with Crippen molar-refractivity contribution in [2.24, 2.45) is 0 Å². The van der Waals surface area contributed by atoms with Gasteiger partial charge in [-0.3, -0.25) is 9.69 Å². The third kappa shape index (κ3) is 5.13. The first kappa shape index (κ1) is 25.6. The first-order valence-electron chi connectivity index (χ1n) is 13.7. The Morgan fingerprint density at radius 3 is 2.82 bits per heavy atom. The highest BCUT2D eigenvalue weighted by atomic mass is 35.5.